The number of nitrogens with two attached hydrogens (primary N) is 1. The molecule has 0 aromatic heterocycles. The zero-order chi connectivity index (χ0) is 12.0. The molecule has 0 bridgehead atoms. The molecule has 7 nitrogen and oxygen atoms in total. The van der Waals surface area contributed by atoms with E-state index in [1.165, 1.54) is 0 Å². The van der Waals surface area contributed by atoms with E-state index in [0.29, 0.717) is 5.06 Å². The molecule has 0 atom stereocenters. The molecule has 1 amide bonds. The van der Waals surface area contributed by atoms with E-state index in [0.717, 1.165) is 0 Å². The molecule has 0 aliphatic rings. The van der Waals surface area contributed by atoms with E-state index in [1.807, 2.05) is 0 Å². The lowest BCUT2D eigenvalue weighted by Crippen LogP contribution is -2.42. The van der Waals surface area contributed by atoms with Crippen molar-refractivity contribution in [3.8, 4) is 0 Å². The zero-order valence-corrected chi connectivity index (χ0v) is 9.30. The van der Waals surface area contributed by atoms with Crippen molar-refractivity contribution in [2.45, 2.75) is 39.9 Å². The summed E-state index contributed by atoms with van der Waals surface area (Å²) in [4.78, 5) is 20.4. The molecule has 15 heavy (non-hydrogen) atoms. The Balaban J connectivity index is 4.47. The molecular weight excluding hydrogens is 202 g/mol. The normalized spacial score (nSPS) is 12.0. The van der Waals surface area contributed by atoms with Gasteiger partial charge in [0.1, 0.15) is 6.10 Å². The van der Waals surface area contributed by atoms with Crippen molar-refractivity contribution in [2.24, 2.45) is 10.9 Å². The summed E-state index contributed by atoms with van der Waals surface area (Å²) in [7, 11) is 0. The summed E-state index contributed by atoms with van der Waals surface area (Å²) in [6.45, 7) is 6.83. The van der Waals surface area contributed by atoms with Gasteiger partial charge >= 0.3 is 6.09 Å². The highest BCUT2D eigenvalue weighted by molar-refractivity contribution is 5.90. The molecule has 0 radical (unpaired) electrons. The third kappa shape index (κ3) is 5.74. The Bertz CT molecular complexity index is 240. The molecule has 7 heteroatoms. The van der Waals surface area contributed by atoms with Crippen molar-refractivity contribution < 1.29 is 19.6 Å². The number of carbonyl (C=O) groups is 1. The van der Waals surface area contributed by atoms with Crippen LogP contribution in [0, 0.1) is 0 Å². The standard InChI is InChI=1S/C8H17N3O4/c1-5(2)14-10-7(9)11(8(12)13)15-6(3)4/h5-6H,1-4H3,(H2,9,10)(H,12,13). The number of carboxylic acid groups (broad SMARTS) is 1. The minimum absolute atomic E-state index is 0.182. The van der Waals surface area contributed by atoms with Crippen molar-refractivity contribution in [3.05, 3.63) is 0 Å². The quantitative estimate of drug-likeness (QED) is 0.417. The predicted octanol–water partition coefficient (Wildman–Crippen LogP) is 0.961. The molecule has 0 aliphatic heterocycles. The Labute approximate surface area is 88.4 Å². The van der Waals surface area contributed by atoms with Crippen LogP contribution in [-0.4, -0.2) is 34.4 Å². The Morgan fingerprint density at radius 1 is 1.33 bits per heavy atom. The van der Waals surface area contributed by atoms with Gasteiger partial charge in [0.2, 0.25) is 0 Å². The van der Waals surface area contributed by atoms with Crippen molar-refractivity contribution >= 4 is 12.1 Å². The average Bonchev–Trinajstić information content (AvgIpc) is 2.09. The van der Waals surface area contributed by atoms with Crippen LogP contribution in [0.15, 0.2) is 5.16 Å². The van der Waals surface area contributed by atoms with Gasteiger partial charge in [0, 0.05) is 0 Å². The van der Waals surface area contributed by atoms with Crippen LogP contribution in [0.4, 0.5) is 4.79 Å². The lowest BCUT2D eigenvalue weighted by atomic mass is 10.5. The molecule has 0 fully saturated rings. The molecule has 0 aromatic carbocycles. The SMILES string of the molecule is CC(C)ON=C(N)N(OC(C)C)C(=O)O. The van der Waals surface area contributed by atoms with Gasteiger partial charge < -0.3 is 15.7 Å². The lowest BCUT2D eigenvalue weighted by Gasteiger charge is -2.19. The second-order valence-electron chi connectivity index (χ2n) is 3.33. The van der Waals surface area contributed by atoms with Crippen molar-refractivity contribution in [1.29, 1.82) is 0 Å². The molecule has 3 N–H and O–H groups in total. The number of amides is 1. The largest absolute Gasteiger partial charge is 0.463 e. The Hall–Kier alpha value is -1.50. The first-order valence-electron chi connectivity index (χ1n) is 4.53. The van der Waals surface area contributed by atoms with Crippen molar-refractivity contribution in [1.82, 2.24) is 5.06 Å². The Kier molecular flexibility index (Phi) is 5.46. The minimum atomic E-state index is -1.35. The molecular formula is C8H17N3O4. The van der Waals surface area contributed by atoms with Crippen LogP contribution in [0.5, 0.6) is 0 Å². The van der Waals surface area contributed by atoms with Crippen LogP contribution in [-0.2, 0) is 9.68 Å². The van der Waals surface area contributed by atoms with E-state index >= 15 is 0 Å². The minimum Gasteiger partial charge on any atom is -0.463 e. The van der Waals surface area contributed by atoms with Gasteiger partial charge in [0.05, 0.1) is 6.10 Å². The third-order valence-corrected chi connectivity index (χ3v) is 1.06. The van der Waals surface area contributed by atoms with E-state index in [-0.39, 0.29) is 18.2 Å². The molecule has 0 aliphatic carbocycles. The van der Waals surface area contributed by atoms with Gasteiger partial charge in [0.25, 0.3) is 5.96 Å². The number of oxime groups is 1. The van der Waals surface area contributed by atoms with Gasteiger partial charge in [-0.15, -0.1) is 5.06 Å². The van der Waals surface area contributed by atoms with Gasteiger partial charge in [-0.2, -0.15) is 0 Å². The van der Waals surface area contributed by atoms with E-state index in [4.69, 9.17) is 20.5 Å². The van der Waals surface area contributed by atoms with E-state index in [2.05, 4.69) is 5.16 Å². The molecule has 0 saturated heterocycles. The summed E-state index contributed by atoms with van der Waals surface area (Å²) in [6, 6.07) is 0. The number of rotatable bonds is 4. The number of nitrogens with zero attached hydrogens (tertiary/aromatic N) is 2. The van der Waals surface area contributed by atoms with E-state index in [1.54, 1.807) is 27.7 Å². The first kappa shape index (κ1) is 13.5. The van der Waals surface area contributed by atoms with Crippen molar-refractivity contribution in [2.75, 3.05) is 0 Å². The first-order valence-corrected chi connectivity index (χ1v) is 4.53. The van der Waals surface area contributed by atoms with Crippen LogP contribution < -0.4 is 5.73 Å². The highest BCUT2D eigenvalue weighted by Gasteiger charge is 2.19. The third-order valence-electron chi connectivity index (χ3n) is 1.06. The van der Waals surface area contributed by atoms with Crippen molar-refractivity contribution in [3.63, 3.8) is 0 Å². The van der Waals surface area contributed by atoms with E-state index < -0.39 is 6.09 Å². The number of hydrogen-bond acceptors (Lipinski definition) is 4. The maximum atomic E-state index is 10.7. The number of guanidine groups is 1. The summed E-state index contributed by atoms with van der Waals surface area (Å²) in [5.74, 6) is -0.357. The van der Waals surface area contributed by atoms with Crippen LogP contribution in [0.25, 0.3) is 0 Å². The maximum Gasteiger partial charge on any atom is 0.439 e. The summed E-state index contributed by atoms with van der Waals surface area (Å²) in [5, 5.41) is 12.6. The fourth-order valence-corrected chi connectivity index (χ4v) is 0.604. The molecule has 0 spiro atoms. The summed E-state index contributed by atoms with van der Waals surface area (Å²) >= 11 is 0. The monoisotopic (exact) mass is 219 g/mol. The highest BCUT2D eigenvalue weighted by Crippen LogP contribution is 1.99. The fourth-order valence-electron chi connectivity index (χ4n) is 0.604. The molecule has 0 aromatic rings. The summed E-state index contributed by atoms with van der Waals surface area (Å²) < 4.78 is 0. The maximum absolute atomic E-state index is 10.7. The molecule has 0 saturated carbocycles. The predicted molar refractivity (Wildman–Crippen MR) is 53.9 cm³/mol. The van der Waals surface area contributed by atoms with Crippen LogP contribution >= 0.6 is 0 Å². The first-order chi connectivity index (χ1) is 6.84. The summed E-state index contributed by atoms with van der Waals surface area (Å²) in [6.07, 6.45) is -1.86. The second-order valence-corrected chi connectivity index (χ2v) is 3.33. The fraction of sp³-hybridized carbons (Fsp3) is 0.750. The Morgan fingerprint density at radius 2 is 1.87 bits per heavy atom. The topological polar surface area (TPSA) is 97.4 Å². The van der Waals surface area contributed by atoms with E-state index in [9.17, 15) is 4.79 Å². The second kappa shape index (κ2) is 6.07. The summed E-state index contributed by atoms with van der Waals surface area (Å²) in [5.41, 5.74) is 5.36. The van der Waals surface area contributed by atoms with Gasteiger partial charge in [-0.3, -0.25) is 4.84 Å². The Morgan fingerprint density at radius 3 is 2.20 bits per heavy atom. The average molecular weight is 219 g/mol. The molecule has 0 unspecified atom stereocenters. The zero-order valence-electron chi connectivity index (χ0n) is 9.30. The van der Waals surface area contributed by atoms with Crippen LogP contribution in [0.3, 0.4) is 0 Å². The van der Waals surface area contributed by atoms with Gasteiger partial charge in [-0.05, 0) is 32.9 Å². The van der Waals surface area contributed by atoms with Gasteiger partial charge in [-0.25, -0.2) is 4.79 Å². The van der Waals surface area contributed by atoms with Crippen LogP contribution in [0.2, 0.25) is 0 Å². The lowest BCUT2D eigenvalue weighted by molar-refractivity contribution is -0.113. The highest BCUT2D eigenvalue weighted by atomic mass is 16.7. The smallest absolute Gasteiger partial charge is 0.439 e. The molecule has 0 heterocycles. The molecule has 0 rings (SSSR count). The number of hydrogen-bond donors (Lipinski definition) is 2. The van der Waals surface area contributed by atoms with Crippen LogP contribution in [0.1, 0.15) is 27.7 Å². The molecule has 88 valence electrons. The van der Waals surface area contributed by atoms with Gasteiger partial charge in [0.15, 0.2) is 0 Å². The number of hydroxylamine groups is 2. The van der Waals surface area contributed by atoms with Gasteiger partial charge in [-0.1, -0.05) is 0 Å².